The molecule has 0 radical (unpaired) electrons. The highest BCUT2D eigenvalue weighted by atomic mass is 35.5. The van der Waals surface area contributed by atoms with Gasteiger partial charge in [-0.25, -0.2) is 0 Å². The van der Waals surface area contributed by atoms with Crippen LogP contribution < -0.4 is 0 Å². The minimum absolute atomic E-state index is 0.253. The number of aryl methyl sites for hydroxylation is 2. The predicted octanol–water partition coefficient (Wildman–Crippen LogP) is 2.68. The van der Waals surface area contributed by atoms with Crippen molar-refractivity contribution >= 4 is 33.7 Å². The summed E-state index contributed by atoms with van der Waals surface area (Å²) in [5.74, 6) is 1.39. The first-order valence-electron chi connectivity index (χ1n) is 4.52. The molecule has 0 atom stereocenters. The normalized spacial score (nSPS) is 10.3. The third-order valence-electron chi connectivity index (χ3n) is 1.85. The second-order valence-electron chi connectivity index (χ2n) is 3.08. The molecule has 0 amide bonds. The van der Waals surface area contributed by atoms with Crippen LogP contribution in [-0.4, -0.2) is 10.5 Å². The highest BCUT2D eigenvalue weighted by Crippen LogP contribution is 2.13. The van der Waals surface area contributed by atoms with E-state index in [1.54, 1.807) is 12.1 Å². The van der Waals surface area contributed by atoms with Crippen LogP contribution >= 0.6 is 23.2 Å². The van der Waals surface area contributed by atoms with Crippen LogP contribution in [0.5, 0.6) is 0 Å². The van der Waals surface area contributed by atoms with E-state index in [-0.39, 0.29) is 23.3 Å². The van der Waals surface area contributed by atoms with Crippen molar-refractivity contribution in [3.63, 3.8) is 0 Å². The van der Waals surface area contributed by atoms with Crippen LogP contribution in [0.1, 0.15) is 24.4 Å². The summed E-state index contributed by atoms with van der Waals surface area (Å²) in [6.45, 7) is 0. The lowest BCUT2D eigenvalue weighted by atomic mass is 10.2. The zero-order chi connectivity index (χ0) is 11.3. The number of carbonyl (C=O) groups excluding carboxylic acids is 2. The molecule has 0 spiro atoms. The summed E-state index contributed by atoms with van der Waals surface area (Å²) < 4.78 is 5.36. The molecule has 82 valence electrons. The minimum atomic E-state index is -0.385. The maximum atomic E-state index is 10.5. The van der Waals surface area contributed by atoms with Gasteiger partial charge in [0.05, 0.1) is 0 Å². The van der Waals surface area contributed by atoms with Crippen LogP contribution in [0.25, 0.3) is 0 Å². The first-order chi connectivity index (χ1) is 7.08. The SMILES string of the molecule is O=C(Cl)CCc1ccc(CCC(=O)Cl)o1. The first-order valence-corrected chi connectivity index (χ1v) is 5.28. The summed E-state index contributed by atoms with van der Waals surface area (Å²) in [6.07, 6.45) is 1.47. The largest absolute Gasteiger partial charge is 0.466 e. The number of rotatable bonds is 6. The second-order valence-corrected chi connectivity index (χ2v) is 3.92. The molecule has 15 heavy (non-hydrogen) atoms. The smallest absolute Gasteiger partial charge is 0.222 e. The summed E-state index contributed by atoms with van der Waals surface area (Å²) in [5.41, 5.74) is 0. The highest BCUT2D eigenvalue weighted by Gasteiger charge is 2.05. The lowest BCUT2D eigenvalue weighted by molar-refractivity contribution is -0.112. The van der Waals surface area contributed by atoms with Crippen molar-refractivity contribution in [1.82, 2.24) is 0 Å². The standard InChI is InChI=1S/C10H10Cl2O3/c11-9(13)5-3-7-1-2-8(15-7)4-6-10(12)14/h1-2H,3-6H2. The van der Waals surface area contributed by atoms with E-state index in [1.807, 2.05) is 0 Å². The molecular formula is C10H10Cl2O3. The molecular weight excluding hydrogens is 239 g/mol. The van der Waals surface area contributed by atoms with E-state index in [9.17, 15) is 9.59 Å². The Labute approximate surface area is 97.3 Å². The summed E-state index contributed by atoms with van der Waals surface area (Å²) in [5, 5.41) is -0.771. The van der Waals surface area contributed by atoms with Gasteiger partial charge in [-0.15, -0.1) is 0 Å². The predicted molar refractivity (Wildman–Crippen MR) is 57.1 cm³/mol. The topological polar surface area (TPSA) is 47.3 Å². The quantitative estimate of drug-likeness (QED) is 0.728. The van der Waals surface area contributed by atoms with E-state index in [2.05, 4.69) is 0 Å². The third kappa shape index (κ3) is 5.00. The Kier molecular flexibility index (Phi) is 4.85. The van der Waals surface area contributed by atoms with Crippen molar-refractivity contribution < 1.29 is 14.0 Å². The van der Waals surface area contributed by atoms with Gasteiger partial charge >= 0.3 is 0 Å². The zero-order valence-corrected chi connectivity index (χ0v) is 9.48. The Bertz CT molecular complexity index is 325. The fraction of sp³-hybridized carbons (Fsp3) is 0.400. The fourth-order valence-electron chi connectivity index (χ4n) is 1.13. The Hall–Kier alpha value is -0.800. The third-order valence-corrected chi connectivity index (χ3v) is 2.23. The molecule has 0 N–H and O–H groups in total. The summed E-state index contributed by atoms with van der Waals surface area (Å²) in [6, 6.07) is 3.54. The van der Waals surface area contributed by atoms with Crippen molar-refractivity contribution in [3.8, 4) is 0 Å². The molecule has 0 saturated carbocycles. The lowest BCUT2D eigenvalue weighted by Gasteiger charge is -1.94. The molecule has 1 aromatic heterocycles. The Morgan fingerprint density at radius 1 is 1.00 bits per heavy atom. The Morgan fingerprint density at radius 3 is 1.73 bits per heavy atom. The van der Waals surface area contributed by atoms with E-state index in [4.69, 9.17) is 27.6 Å². The maximum absolute atomic E-state index is 10.5. The molecule has 5 heteroatoms. The van der Waals surface area contributed by atoms with Crippen molar-refractivity contribution in [2.45, 2.75) is 25.7 Å². The zero-order valence-electron chi connectivity index (χ0n) is 7.96. The highest BCUT2D eigenvalue weighted by molar-refractivity contribution is 6.63. The molecule has 0 bridgehead atoms. The molecule has 1 heterocycles. The molecule has 0 saturated heterocycles. The van der Waals surface area contributed by atoms with E-state index < -0.39 is 0 Å². The average Bonchev–Trinajstić information content (AvgIpc) is 2.59. The van der Waals surface area contributed by atoms with E-state index in [0.29, 0.717) is 24.4 Å². The van der Waals surface area contributed by atoms with E-state index in [0.717, 1.165) is 0 Å². The first kappa shape index (κ1) is 12.3. The van der Waals surface area contributed by atoms with Gasteiger partial charge in [-0.2, -0.15) is 0 Å². The summed E-state index contributed by atoms with van der Waals surface area (Å²) in [4.78, 5) is 21.0. The Morgan fingerprint density at radius 2 is 1.40 bits per heavy atom. The van der Waals surface area contributed by atoms with E-state index in [1.165, 1.54) is 0 Å². The van der Waals surface area contributed by atoms with E-state index >= 15 is 0 Å². The van der Waals surface area contributed by atoms with Crippen LogP contribution in [0, 0.1) is 0 Å². The Balaban J connectivity index is 2.41. The molecule has 0 aromatic carbocycles. The van der Waals surface area contributed by atoms with Gasteiger partial charge in [-0.1, -0.05) is 0 Å². The van der Waals surface area contributed by atoms with Crippen molar-refractivity contribution in [2.75, 3.05) is 0 Å². The molecule has 0 aliphatic heterocycles. The molecule has 1 aromatic rings. The van der Waals surface area contributed by atoms with Crippen LogP contribution in [0.15, 0.2) is 16.5 Å². The van der Waals surface area contributed by atoms with Crippen LogP contribution in [0.3, 0.4) is 0 Å². The molecule has 0 aliphatic carbocycles. The van der Waals surface area contributed by atoms with Crippen LogP contribution in [0.2, 0.25) is 0 Å². The van der Waals surface area contributed by atoms with Crippen LogP contribution in [-0.2, 0) is 22.4 Å². The second kappa shape index (κ2) is 5.93. The van der Waals surface area contributed by atoms with Gasteiger partial charge in [0.25, 0.3) is 0 Å². The van der Waals surface area contributed by atoms with Gasteiger partial charge in [-0.05, 0) is 35.3 Å². The van der Waals surface area contributed by atoms with Crippen molar-refractivity contribution in [2.24, 2.45) is 0 Å². The van der Waals surface area contributed by atoms with Gasteiger partial charge < -0.3 is 4.42 Å². The summed E-state index contributed by atoms with van der Waals surface area (Å²) in [7, 11) is 0. The number of hydrogen-bond acceptors (Lipinski definition) is 3. The van der Waals surface area contributed by atoms with Crippen molar-refractivity contribution in [1.29, 1.82) is 0 Å². The molecule has 0 unspecified atom stereocenters. The maximum Gasteiger partial charge on any atom is 0.222 e. The lowest BCUT2D eigenvalue weighted by Crippen LogP contribution is -1.90. The van der Waals surface area contributed by atoms with Gasteiger partial charge in [0.1, 0.15) is 11.5 Å². The van der Waals surface area contributed by atoms with Gasteiger partial charge in [0.2, 0.25) is 10.5 Å². The molecule has 1 rings (SSSR count). The van der Waals surface area contributed by atoms with Gasteiger partial charge in [-0.3, -0.25) is 9.59 Å². The number of carbonyl (C=O) groups is 2. The monoisotopic (exact) mass is 248 g/mol. The summed E-state index contributed by atoms with van der Waals surface area (Å²) >= 11 is 10.4. The molecule has 0 fully saturated rings. The molecule has 0 aliphatic rings. The van der Waals surface area contributed by atoms with Gasteiger partial charge in [0.15, 0.2) is 0 Å². The number of furan rings is 1. The van der Waals surface area contributed by atoms with Crippen LogP contribution in [0.4, 0.5) is 0 Å². The van der Waals surface area contributed by atoms with Gasteiger partial charge in [0, 0.05) is 25.7 Å². The van der Waals surface area contributed by atoms with Crippen molar-refractivity contribution in [3.05, 3.63) is 23.7 Å². The fourth-order valence-corrected chi connectivity index (χ4v) is 1.32. The number of hydrogen-bond donors (Lipinski definition) is 0. The molecule has 3 nitrogen and oxygen atoms in total. The average molecular weight is 249 g/mol. The number of halogens is 2. The minimum Gasteiger partial charge on any atom is -0.466 e.